The number of anilines is 1. The van der Waals surface area contributed by atoms with Crippen LogP contribution in [0.4, 0.5) is 5.69 Å². The van der Waals surface area contributed by atoms with E-state index in [9.17, 15) is 9.59 Å². The van der Waals surface area contributed by atoms with Crippen molar-refractivity contribution in [2.75, 3.05) is 18.4 Å². The summed E-state index contributed by atoms with van der Waals surface area (Å²) in [4.78, 5) is 30.7. The van der Waals surface area contributed by atoms with Gasteiger partial charge in [0.05, 0.1) is 0 Å². The van der Waals surface area contributed by atoms with Gasteiger partial charge in [0.2, 0.25) is 0 Å². The first-order valence-corrected chi connectivity index (χ1v) is 9.02. The molecule has 5 heteroatoms. The largest absolute Gasteiger partial charge is 0.334 e. The second-order valence-electron chi connectivity index (χ2n) is 6.64. The maximum Gasteiger partial charge on any atom is 0.313 e. The van der Waals surface area contributed by atoms with Gasteiger partial charge in [0.25, 0.3) is 0 Å². The van der Waals surface area contributed by atoms with Crippen molar-refractivity contribution in [2.24, 2.45) is 0 Å². The Labute approximate surface area is 155 Å². The number of benzene rings is 1. The van der Waals surface area contributed by atoms with E-state index in [1.807, 2.05) is 44.2 Å². The third kappa shape index (κ3) is 4.91. The molecule has 0 spiro atoms. The summed E-state index contributed by atoms with van der Waals surface area (Å²) in [6.45, 7) is 8.94. The maximum absolute atomic E-state index is 12.6. The van der Waals surface area contributed by atoms with Gasteiger partial charge in [-0.15, -0.1) is 0 Å². The van der Waals surface area contributed by atoms with Crippen molar-refractivity contribution in [1.82, 2.24) is 9.88 Å². The van der Waals surface area contributed by atoms with Crippen LogP contribution in [0.3, 0.4) is 0 Å². The number of pyridine rings is 1. The quantitative estimate of drug-likeness (QED) is 0.808. The van der Waals surface area contributed by atoms with E-state index in [4.69, 9.17) is 0 Å². The van der Waals surface area contributed by atoms with Gasteiger partial charge in [-0.25, -0.2) is 0 Å². The Bertz CT molecular complexity index is 757. The van der Waals surface area contributed by atoms with Crippen LogP contribution in [-0.4, -0.2) is 34.8 Å². The van der Waals surface area contributed by atoms with E-state index in [1.165, 1.54) is 0 Å². The third-order valence-electron chi connectivity index (χ3n) is 4.45. The molecular weight excluding hydrogens is 326 g/mol. The molecule has 1 aromatic heterocycles. The second-order valence-corrected chi connectivity index (χ2v) is 6.64. The Kier molecular flexibility index (Phi) is 6.89. The van der Waals surface area contributed by atoms with E-state index in [-0.39, 0.29) is 5.92 Å². The van der Waals surface area contributed by atoms with E-state index in [0.717, 1.165) is 22.4 Å². The molecule has 1 heterocycles. The van der Waals surface area contributed by atoms with E-state index < -0.39 is 11.8 Å². The van der Waals surface area contributed by atoms with Crippen LogP contribution in [0.2, 0.25) is 0 Å². The molecule has 0 saturated carbocycles. The Morgan fingerprint density at radius 3 is 2.46 bits per heavy atom. The van der Waals surface area contributed by atoms with Crippen molar-refractivity contribution < 1.29 is 9.59 Å². The van der Waals surface area contributed by atoms with Crippen molar-refractivity contribution >= 4 is 17.5 Å². The minimum Gasteiger partial charge on any atom is -0.334 e. The summed E-state index contributed by atoms with van der Waals surface area (Å²) in [6, 6.07) is 9.72. The van der Waals surface area contributed by atoms with Crippen LogP contribution in [0, 0.1) is 6.92 Å². The van der Waals surface area contributed by atoms with Crippen LogP contribution in [0.5, 0.6) is 0 Å². The van der Waals surface area contributed by atoms with Crippen LogP contribution in [-0.2, 0) is 16.0 Å². The average molecular weight is 353 g/mol. The molecule has 2 amide bonds. The van der Waals surface area contributed by atoms with Gasteiger partial charge in [-0.05, 0) is 55.0 Å². The normalized spacial score (nSPS) is 10.7. The summed E-state index contributed by atoms with van der Waals surface area (Å²) in [5.41, 5.74) is 3.82. The molecular formula is C21H27N3O2. The van der Waals surface area contributed by atoms with Gasteiger partial charge < -0.3 is 10.2 Å². The Hall–Kier alpha value is -2.69. The maximum atomic E-state index is 12.6. The van der Waals surface area contributed by atoms with Crippen molar-refractivity contribution in [3.8, 4) is 0 Å². The fraction of sp³-hybridized carbons (Fsp3) is 0.381. The van der Waals surface area contributed by atoms with Crippen LogP contribution in [0.1, 0.15) is 43.4 Å². The number of hydrogen-bond donors (Lipinski definition) is 1. The number of likely N-dealkylation sites (N-methyl/N-ethyl adjacent to an activating group) is 1. The summed E-state index contributed by atoms with van der Waals surface area (Å²) < 4.78 is 0. The highest BCUT2D eigenvalue weighted by Gasteiger charge is 2.22. The van der Waals surface area contributed by atoms with Gasteiger partial charge >= 0.3 is 11.8 Å². The molecule has 138 valence electrons. The molecule has 1 aromatic carbocycles. The topological polar surface area (TPSA) is 62.3 Å². The predicted octanol–water partition coefficient (Wildman–Crippen LogP) is 3.54. The molecule has 0 radical (unpaired) electrons. The summed E-state index contributed by atoms with van der Waals surface area (Å²) in [7, 11) is 0. The van der Waals surface area contributed by atoms with Gasteiger partial charge in [-0.3, -0.25) is 14.6 Å². The SMILES string of the molecule is CCN(CCc1ccncc1)C(=O)C(=O)Nc1c(C)cccc1C(C)C. The summed E-state index contributed by atoms with van der Waals surface area (Å²) in [5.74, 6) is -0.827. The van der Waals surface area contributed by atoms with Crippen molar-refractivity contribution in [3.05, 3.63) is 59.4 Å². The third-order valence-corrected chi connectivity index (χ3v) is 4.45. The Balaban J connectivity index is 2.07. The molecule has 0 aliphatic carbocycles. The fourth-order valence-electron chi connectivity index (χ4n) is 2.87. The standard InChI is InChI=1S/C21H27N3O2/c1-5-24(14-11-17-9-12-22-13-10-17)21(26)20(25)23-19-16(4)7-6-8-18(19)15(2)3/h6-10,12-13,15H,5,11,14H2,1-4H3,(H,23,25). The predicted molar refractivity (Wildman–Crippen MR) is 104 cm³/mol. The first kappa shape index (κ1) is 19.6. The number of aryl methyl sites for hydroxylation is 1. The highest BCUT2D eigenvalue weighted by molar-refractivity contribution is 6.39. The highest BCUT2D eigenvalue weighted by Crippen LogP contribution is 2.27. The van der Waals surface area contributed by atoms with Crippen molar-refractivity contribution in [1.29, 1.82) is 0 Å². The van der Waals surface area contributed by atoms with Gasteiger partial charge in [0, 0.05) is 31.2 Å². The monoisotopic (exact) mass is 353 g/mol. The number of nitrogens with zero attached hydrogens (tertiary/aromatic N) is 2. The van der Waals surface area contributed by atoms with Crippen LogP contribution in [0.15, 0.2) is 42.7 Å². The number of amides is 2. The van der Waals surface area contributed by atoms with Crippen molar-refractivity contribution in [2.45, 2.75) is 40.0 Å². The number of hydrogen-bond acceptors (Lipinski definition) is 3. The molecule has 2 aromatic rings. The lowest BCUT2D eigenvalue weighted by Gasteiger charge is -2.22. The van der Waals surface area contributed by atoms with Gasteiger partial charge in [0.15, 0.2) is 0 Å². The minimum atomic E-state index is -0.585. The van der Waals surface area contributed by atoms with Gasteiger partial charge in [0.1, 0.15) is 0 Å². The summed E-state index contributed by atoms with van der Waals surface area (Å²) in [5, 5.41) is 2.83. The van der Waals surface area contributed by atoms with Crippen LogP contribution in [0.25, 0.3) is 0 Å². The minimum absolute atomic E-state index is 0.259. The number of carbonyl (C=O) groups excluding carboxylic acids is 2. The number of rotatable bonds is 6. The molecule has 0 fully saturated rings. The Morgan fingerprint density at radius 1 is 1.15 bits per heavy atom. The molecule has 2 rings (SSSR count). The molecule has 1 N–H and O–H groups in total. The molecule has 0 saturated heterocycles. The Morgan fingerprint density at radius 2 is 1.85 bits per heavy atom. The number of para-hydroxylation sites is 1. The lowest BCUT2D eigenvalue weighted by atomic mass is 9.98. The zero-order valence-electron chi connectivity index (χ0n) is 16.0. The lowest BCUT2D eigenvalue weighted by Crippen LogP contribution is -2.41. The number of nitrogens with one attached hydrogen (secondary N) is 1. The molecule has 0 aliphatic rings. The first-order chi connectivity index (χ1) is 12.4. The van der Waals surface area contributed by atoms with Crippen molar-refractivity contribution in [3.63, 3.8) is 0 Å². The molecule has 0 atom stereocenters. The first-order valence-electron chi connectivity index (χ1n) is 9.02. The second kappa shape index (κ2) is 9.13. The number of carbonyl (C=O) groups is 2. The van der Waals surface area contributed by atoms with E-state index >= 15 is 0 Å². The molecule has 0 unspecified atom stereocenters. The highest BCUT2D eigenvalue weighted by atomic mass is 16.2. The zero-order valence-corrected chi connectivity index (χ0v) is 16.0. The summed E-state index contributed by atoms with van der Waals surface area (Å²) in [6.07, 6.45) is 4.15. The zero-order chi connectivity index (χ0) is 19.1. The van der Waals surface area contributed by atoms with Crippen LogP contribution >= 0.6 is 0 Å². The van der Waals surface area contributed by atoms with Gasteiger partial charge in [-0.1, -0.05) is 32.0 Å². The smallest absolute Gasteiger partial charge is 0.313 e. The average Bonchev–Trinajstić information content (AvgIpc) is 2.64. The van der Waals surface area contributed by atoms with E-state index in [1.54, 1.807) is 17.3 Å². The van der Waals surface area contributed by atoms with E-state index in [2.05, 4.69) is 24.1 Å². The molecule has 5 nitrogen and oxygen atoms in total. The van der Waals surface area contributed by atoms with E-state index in [0.29, 0.717) is 19.5 Å². The van der Waals surface area contributed by atoms with Crippen LogP contribution < -0.4 is 5.32 Å². The summed E-state index contributed by atoms with van der Waals surface area (Å²) >= 11 is 0. The molecule has 0 bridgehead atoms. The molecule has 26 heavy (non-hydrogen) atoms. The lowest BCUT2D eigenvalue weighted by molar-refractivity contribution is -0.143. The van der Waals surface area contributed by atoms with Gasteiger partial charge in [-0.2, -0.15) is 0 Å². The number of aromatic nitrogens is 1. The molecule has 0 aliphatic heterocycles. The fourth-order valence-corrected chi connectivity index (χ4v) is 2.87.